The maximum atomic E-state index is 12.4. The SMILES string of the molecule is Cc1cccc(S(=O)(=O)NC(CCCCNC(=O)CN)C(=O)NO)c1. The second kappa shape index (κ2) is 10.1. The quantitative estimate of drug-likeness (QED) is 0.210. The molecule has 1 atom stereocenters. The molecule has 0 saturated heterocycles. The Balaban J connectivity index is 2.66. The van der Waals surface area contributed by atoms with Crippen LogP contribution in [0, 0.1) is 6.92 Å². The van der Waals surface area contributed by atoms with Gasteiger partial charge in [0.1, 0.15) is 6.04 Å². The third-order valence-electron chi connectivity index (χ3n) is 3.45. The maximum Gasteiger partial charge on any atom is 0.261 e. The summed E-state index contributed by atoms with van der Waals surface area (Å²) >= 11 is 0. The van der Waals surface area contributed by atoms with Gasteiger partial charge in [-0.15, -0.1) is 0 Å². The Bertz CT molecular complexity index is 693. The van der Waals surface area contributed by atoms with E-state index in [1.807, 2.05) is 0 Å². The number of aryl methyl sites for hydroxylation is 1. The molecule has 0 aliphatic rings. The average molecular weight is 372 g/mol. The zero-order valence-corrected chi connectivity index (χ0v) is 14.8. The van der Waals surface area contributed by atoms with E-state index >= 15 is 0 Å². The van der Waals surface area contributed by atoms with Crippen molar-refractivity contribution in [2.75, 3.05) is 13.1 Å². The van der Waals surface area contributed by atoms with Crippen LogP contribution in [0.4, 0.5) is 0 Å². The summed E-state index contributed by atoms with van der Waals surface area (Å²) in [4.78, 5) is 22.8. The summed E-state index contributed by atoms with van der Waals surface area (Å²) in [6, 6.07) is 5.14. The minimum Gasteiger partial charge on any atom is -0.355 e. The van der Waals surface area contributed by atoms with Gasteiger partial charge in [-0.05, 0) is 43.9 Å². The molecule has 0 aliphatic carbocycles. The van der Waals surface area contributed by atoms with Gasteiger partial charge in [0.2, 0.25) is 15.9 Å². The van der Waals surface area contributed by atoms with Crippen LogP contribution in [0.3, 0.4) is 0 Å². The van der Waals surface area contributed by atoms with Crippen molar-refractivity contribution in [1.82, 2.24) is 15.5 Å². The second-order valence-electron chi connectivity index (χ2n) is 5.52. The molecule has 0 bridgehead atoms. The molecule has 1 unspecified atom stereocenters. The Morgan fingerprint density at radius 3 is 2.60 bits per heavy atom. The van der Waals surface area contributed by atoms with Gasteiger partial charge in [-0.3, -0.25) is 14.8 Å². The lowest BCUT2D eigenvalue weighted by molar-refractivity contribution is -0.131. The monoisotopic (exact) mass is 372 g/mol. The van der Waals surface area contributed by atoms with Crippen molar-refractivity contribution in [1.29, 1.82) is 0 Å². The fourth-order valence-electron chi connectivity index (χ4n) is 2.13. The molecule has 1 aromatic carbocycles. The van der Waals surface area contributed by atoms with Crippen molar-refractivity contribution < 1.29 is 23.2 Å². The third-order valence-corrected chi connectivity index (χ3v) is 4.92. The number of nitrogens with two attached hydrogens (primary N) is 1. The molecule has 0 spiro atoms. The molecule has 0 aromatic heterocycles. The first-order chi connectivity index (χ1) is 11.8. The fourth-order valence-corrected chi connectivity index (χ4v) is 3.47. The van der Waals surface area contributed by atoms with E-state index in [1.165, 1.54) is 17.6 Å². The molecular weight excluding hydrogens is 348 g/mol. The first-order valence-electron chi connectivity index (χ1n) is 7.80. The Hall–Kier alpha value is -2.01. The highest BCUT2D eigenvalue weighted by molar-refractivity contribution is 7.89. The molecule has 0 saturated carbocycles. The van der Waals surface area contributed by atoms with Crippen LogP contribution in [-0.2, 0) is 19.6 Å². The highest BCUT2D eigenvalue weighted by atomic mass is 32.2. The molecule has 1 aromatic rings. The van der Waals surface area contributed by atoms with E-state index < -0.39 is 22.0 Å². The van der Waals surface area contributed by atoms with Gasteiger partial charge < -0.3 is 11.1 Å². The molecule has 0 aliphatic heterocycles. The Morgan fingerprint density at radius 1 is 1.28 bits per heavy atom. The molecule has 9 nitrogen and oxygen atoms in total. The molecule has 0 fully saturated rings. The molecule has 1 rings (SSSR count). The molecule has 0 heterocycles. The number of amides is 2. The standard InChI is InChI=1S/C15H24N4O5S/c1-11-5-4-6-12(9-11)25(23,24)19-13(15(21)18-22)7-2-3-8-17-14(20)10-16/h4-6,9,13,19,22H,2-3,7-8,10,16H2,1H3,(H,17,20)(H,18,21). The Morgan fingerprint density at radius 2 is 2.00 bits per heavy atom. The van der Waals surface area contributed by atoms with E-state index in [1.54, 1.807) is 19.1 Å². The maximum absolute atomic E-state index is 12.4. The number of rotatable bonds is 10. The molecule has 140 valence electrons. The summed E-state index contributed by atoms with van der Waals surface area (Å²) in [6.07, 6.45) is 1.16. The van der Waals surface area contributed by atoms with E-state index in [2.05, 4.69) is 10.0 Å². The first-order valence-corrected chi connectivity index (χ1v) is 9.28. The van der Waals surface area contributed by atoms with Crippen LogP contribution in [0.25, 0.3) is 0 Å². The summed E-state index contributed by atoms with van der Waals surface area (Å²) < 4.78 is 27.1. The van der Waals surface area contributed by atoms with Crippen molar-refractivity contribution >= 4 is 21.8 Å². The normalized spacial score (nSPS) is 12.4. The molecule has 2 amide bonds. The van der Waals surface area contributed by atoms with E-state index in [-0.39, 0.29) is 23.8 Å². The van der Waals surface area contributed by atoms with Crippen molar-refractivity contribution in [2.24, 2.45) is 5.73 Å². The first kappa shape index (κ1) is 21.0. The largest absolute Gasteiger partial charge is 0.355 e. The predicted octanol–water partition coefficient (Wildman–Crippen LogP) is -0.607. The van der Waals surface area contributed by atoms with Crippen molar-refractivity contribution in [2.45, 2.75) is 37.1 Å². The molecule has 10 heteroatoms. The van der Waals surface area contributed by atoms with Gasteiger partial charge in [0.15, 0.2) is 0 Å². The second-order valence-corrected chi connectivity index (χ2v) is 7.23. The predicted molar refractivity (Wildman–Crippen MR) is 91.1 cm³/mol. The zero-order chi connectivity index (χ0) is 18.9. The number of hydrogen-bond donors (Lipinski definition) is 5. The van der Waals surface area contributed by atoms with Gasteiger partial charge in [0.05, 0.1) is 11.4 Å². The smallest absolute Gasteiger partial charge is 0.261 e. The Kier molecular flexibility index (Phi) is 8.49. The number of benzene rings is 1. The van der Waals surface area contributed by atoms with Gasteiger partial charge in [-0.25, -0.2) is 13.9 Å². The van der Waals surface area contributed by atoms with Crippen molar-refractivity contribution in [3.05, 3.63) is 29.8 Å². The summed E-state index contributed by atoms with van der Waals surface area (Å²) in [5.41, 5.74) is 7.39. The van der Waals surface area contributed by atoms with Gasteiger partial charge >= 0.3 is 0 Å². The minimum atomic E-state index is -3.91. The molecule has 25 heavy (non-hydrogen) atoms. The van der Waals surface area contributed by atoms with Gasteiger partial charge in [0, 0.05) is 6.54 Å². The highest BCUT2D eigenvalue weighted by Gasteiger charge is 2.25. The Labute approximate surface area is 147 Å². The van der Waals surface area contributed by atoms with Gasteiger partial charge in [-0.1, -0.05) is 12.1 Å². The number of carbonyl (C=O) groups is 2. The van der Waals surface area contributed by atoms with Crippen LogP contribution < -0.4 is 21.3 Å². The number of hydroxylamine groups is 1. The van der Waals surface area contributed by atoms with Crippen molar-refractivity contribution in [3.63, 3.8) is 0 Å². The number of carbonyl (C=O) groups excluding carboxylic acids is 2. The fraction of sp³-hybridized carbons (Fsp3) is 0.467. The van der Waals surface area contributed by atoms with Crippen LogP contribution in [-0.4, -0.2) is 44.6 Å². The van der Waals surface area contributed by atoms with Crippen LogP contribution in [0.1, 0.15) is 24.8 Å². The van der Waals surface area contributed by atoms with Crippen LogP contribution in [0.5, 0.6) is 0 Å². The zero-order valence-electron chi connectivity index (χ0n) is 14.0. The third kappa shape index (κ3) is 7.18. The number of nitrogens with one attached hydrogen (secondary N) is 3. The topological polar surface area (TPSA) is 151 Å². The van der Waals surface area contributed by atoms with E-state index in [0.717, 1.165) is 5.56 Å². The summed E-state index contributed by atoms with van der Waals surface area (Å²) in [5.74, 6) is -1.13. The van der Waals surface area contributed by atoms with Crippen LogP contribution in [0.2, 0.25) is 0 Å². The van der Waals surface area contributed by atoms with Crippen molar-refractivity contribution in [3.8, 4) is 0 Å². The van der Waals surface area contributed by atoms with Gasteiger partial charge in [0.25, 0.3) is 5.91 Å². The lowest BCUT2D eigenvalue weighted by atomic mass is 10.1. The van der Waals surface area contributed by atoms with E-state index in [9.17, 15) is 18.0 Å². The summed E-state index contributed by atoms with van der Waals surface area (Å²) in [5, 5.41) is 11.4. The lowest BCUT2D eigenvalue weighted by Crippen LogP contribution is -2.45. The summed E-state index contributed by atoms with van der Waals surface area (Å²) in [6.45, 7) is 2.02. The molecule has 6 N–H and O–H groups in total. The molecular formula is C15H24N4O5S. The molecule has 0 radical (unpaired) electrons. The minimum absolute atomic E-state index is 0.0402. The summed E-state index contributed by atoms with van der Waals surface area (Å²) in [7, 11) is -3.91. The lowest BCUT2D eigenvalue weighted by Gasteiger charge is -2.17. The average Bonchev–Trinajstić information content (AvgIpc) is 2.59. The highest BCUT2D eigenvalue weighted by Crippen LogP contribution is 2.13. The van der Waals surface area contributed by atoms with Gasteiger partial charge in [-0.2, -0.15) is 4.72 Å². The van der Waals surface area contributed by atoms with Crippen LogP contribution in [0.15, 0.2) is 29.2 Å². The number of hydrogen-bond acceptors (Lipinski definition) is 6. The van der Waals surface area contributed by atoms with E-state index in [0.29, 0.717) is 19.4 Å². The van der Waals surface area contributed by atoms with E-state index in [4.69, 9.17) is 10.9 Å². The number of unbranched alkanes of at least 4 members (excludes halogenated alkanes) is 1. The number of sulfonamides is 1. The van der Waals surface area contributed by atoms with Crippen LogP contribution >= 0.6 is 0 Å².